The molecule has 3 saturated heterocycles. The first-order chi connectivity index (χ1) is 15.6. The van der Waals surface area contributed by atoms with Gasteiger partial charge in [-0.25, -0.2) is 4.79 Å². The van der Waals surface area contributed by atoms with Crippen LogP contribution in [-0.4, -0.2) is 63.4 Å². The molecule has 0 spiro atoms. The van der Waals surface area contributed by atoms with Crippen molar-refractivity contribution in [1.29, 1.82) is 0 Å². The number of imide groups is 1. The fraction of sp³-hybridized carbons (Fsp3) is 0.583. The van der Waals surface area contributed by atoms with E-state index in [1.165, 1.54) is 0 Å². The van der Waals surface area contributed by atoms with Crippen molar-refractivity contribution < 1.29 is 19.1 Å². The largest absolute Gasteiger partial charge is 0.444 e. The normalized spacial score (nSPS) is 25.5. The number of piperazine rings is 1. The van der Waals surface area contributed by atoms with Crippen molar-refractivity contribution in [2.24, 2.45) is 7.05 Å². The summed E-state index contributed by atoms with van der Waals surface area (Å²) >= 11 is 0. The van der Waals surface area contributed by atoms with Crippen LogP contribution >= 0.6 is 0 Å². The lowest BCUT2D eigenvalue weighted by Crippen LogP contribution is -2.56. The van der Waals surface area contributed by atoms with Crippen LogP contribution in [0.15, 0.2) is 18.2 Å². The van der Waals surface area contributed by atoms with Gasteiger partial charge in [-0.2, -0.15) is 5.10 Å². The molecule has 3 aliphatic rings. The number of fused-ring (bicyclic) bond motifs is 3. The van der Waals surface area contributed by atoms with Crippen molar-refractivity contribution in [3.05, 3.63) is 23.9 Å². The van der Waals surface area contributed by atoms with Crippen molar-refractivity contribution in [3.63, 3.8) is 0 Å². The Balaban J connectivity index is 1.38. The summed E-state index contributed by atoms with van der Waals surface area (Å²) in [7, 11) is 1.88. The van der Waals surface area contributed by atoms with Crippen LogP contribution in [0.1, 0.15) is 58.1 Å². The Morgan fingerprint density at radius 1 is 1.12 bits per heavy atom. The third-order valence-corrected chi connectivity index (χ3v) is 6.88. The highest BCUT2D eigenvalue weighted by Gasteiger charge is 2.44. The molecule has 3 amide bonds. The van der Waals surface area contributed by atoms with Crippen molar-refractivity contribution in [1.82, 2.24) is 20.0 Å². The molecule has 33 heavy (non-hydrogen) atoms. The van der Waals surface area contributed by atoms with E-state index < -0.39 is 11.5 Å². The van der Waals surface area contributed by atoms with Crippen LogP contribution in [-0.2, 0) is 21.4 Å². The van der Waals surface area contributed by atoms with Crippen molar-refractivity contribution in [2.45, 2.75) is 70.1 Å². The van der Waals surface area contributed by atoms with Crippen molar-refractivity contribution in [3.8, 4) is 0 Å². The minimum atomic E-state index is -0.502. The van der Waals surface area contributed by atoms with Gasteiger partial charge in [-0.15, -0.1) is 0 Å². The van der Waals surface area contributed by atoms with Gasteiger partial charge in [-0.05, 0) is 58.2 Å². The van der Waals surface area contributed by atoms with Crippen LogP contribution in [0.3, 0.4) is 0 Å². The van der Waals surface area contributed by atoms with Crippen molar-refractivity contribution >= 4 is 34.5 Å². The molecule has 3 aliphatic heterocycles. The van der Waals surface area contributed by atoms with E-state index in [1.807, 2.05) is 43.5 Å². The molecule has 0 saturated carbocycles. The quantitative estimate of drug-likeness (QED) is 0.703. The van der Waals surface area contributed by atoms with Crippen LogP contribution in [0.4, 0.5) is 10.5 Å². The summed E-state index contributed by atoms with van der Waals surface area (Å²) in [6.45, 7) is 7.22. The molecule has 1 aromatic heterocycles. The molecule has 2 aromatic rings. The summed E-state index contributed by atoms with van der Waals surface area (Å²) in [6.07, 6.45) is 2.55. The van der Waals surface area contributed by atoms with Crippen molar-refractivity contribution in [2.75, 3.05) is 18.0 Å². The summed E-state index contributed by atoms with van der Waals surface area (Å²) in [5, 5.41) is 8.01. The fourth-order valence-electron chi connectivity index (χ4n) is 5.41. The predicted octanol–water partition coefficient (Wildman–Crippen LogP) is 2.68. The number of nitrogens with one attached hydrogen (secondary N) is 1. The molecule has 5 rings (SSSR count). The van der Waals surface area contributed by atoms with Crippen LogP contribution in [0, 0.1) is 0 Å². The van der Waals surface area contributed by atoms with Gasteiger partial charge in [0.2, 0.25) is 11.8 Å². The number of carbonyl (C=O) groups is 3. The lowest BCUT2D eigenvalue weighted by Gasteiger charge is -2.42. The molecule has 0 aliphatic carbocycles. The summed E-state index contributed by atoms with van der Waals surface area (Å²) in [5.41, 5.74) is 2.26. The molecule has 3 atom stereocenters. The highest BCUT2D eigenvalue weighted by molar-refractivity contribution is 6.02. The number of benzene rings is 1. The maximum atomic E-state index is 12.8. The Morgan fingerprint density at radius 3 is 2.45 bits per heavy atom. The number of ether oxygens (including phenoxy) is 1. The number of nitrogens with zero attached hydrogens (tertiary/aromatic N) is 4. The second kappa shape index (κ2) is 7.74. The number of carbonyl (C=O) groups excluding carboxylic acids is 3. The number of anilines is 1. The smallest absolute Gasteiger partial charge is 0.410 e. The van der Waals surface area contributed by atoms with Gasteiger partial charge in [0.1, 0.15) is 5.60 Å². The van der Waals surface area contributed by atoms with Crippen LogP contribution in [0.2, 0.25) is 0 Å². The fourth-order valence-corrected chi connectivity index (χ4v) is 5.41. The molecule has 1 aromatic carbocycles. The highest BCUT2D eigenvalue weighted by atomic mass is 16.6. The van der Waals surface area contributed by atoms with Gasteiger partial charge in [-0.1, -0.05) is 0 Å². The van der Waals surface area contributed by atoms with E-state index in [0.29, 0.717) is 12.8 Å². The molecule has 9 nitrogen and oxygen atoms in total. The third-order valence-electron chi connectivity index (χ3n) is 6.88. The number of amides is 3. The average Bonchev–Trinajstić information content (AvgIpc) is 3.20. The van der Waals surface area contributed by atoms with E-state index >= 15 is 0 Å². The number of piperidine rings is 1. The molecule has 0 radical (unpaired) electrons. The van der Waals surface area contributed by atoms with Gasteiger partial charge >= 0.3 is 6.09 Å². The van der Waals surface area contributed by atoms with Gasteiger partial charge in [-0.3, -0.25) is 24.5 Å². The Hall–Kier alpha value is -3.10. The second-order valence-electron chi connectivity index (χ2n) is 10.4. The number of hydrogen-bond donors (Lipinski definition) is 1. The van der Waals surface area contributed by atoms with Gasteiger partial charge in [0.15, 0.2) is 0 Å². The zero-order valence-electron chi connectivity index (χ0n) is 19.6. The van der Waals surface area contributed by atoms with E-state index in [2.05, 4.69) is 27.4 Å². The van der Waals surface area contributed by atoms with Gasteiger partial charge < -0.3 is 9.64 Å². The van der Waals surface area contributed by atoms with E-state index in [1.54, 1.807) is 0 Å². The number of aromatic nitrogens is 2. The molecular formula is C24H31N5O4. The Kier molecular flexibility index (Phi) is 5.10. The molecule has 2 bridgehead atoms. The first-order valence-corrected chi connectivity index (χ1v) is 11.7. The maximum absolute atomic E-state index is 12.8. The average molecular weight is 454 g/mol. The molecular weight excluding hydrogens is 422 g/mol. The van der Waals surface area contributed by atoms with Crippen LogP contribution in [0.25, 0.3) is 10.9 Å². The highest BCUT2D eigenvalue weighted by Crippen LogP contribution is 2.36. The first kappa shape index (κ1) is 21.7. The van der Waals surface area contributed by atoms with Crippen LogP contribution < -0.4 is 10.2 Å². The predicted molar refractivity (Wildman–Crippen MR) is 123 cm³/mol. The van der Waals surface area contributed by atoms with Gasteiger partial charge in [0.25, 0.3) is 0 Å². The van der Waals surface area contributed by atoms with Crippen LogP contribution in [0.5, 0.6) is 0 Å². The molecule has 9 heteroatoms. The third kappa shape index (κ3) is 3.94. The molecule has 3 unspecified atom stereocenters. The zero-order valence-corrected chi connectivity index (χ0v) is 19.6. The summed E-state index contributed by atoms with van der Waals surface area (Å²) in [5.74, 6) is -0.908. The standard InChI is InChI=1S/C24H31N5O4/c1-24(2,3)33-23(32)29-15-5-6-16(29)13-28(12-15)14-7-8-17-19(11-14)27(4)26-21(17)18-9-10-20(30)25-22(18)31/h7-8,11,15-16,18H,5-6,9-10,12-13H2,1-4H3,(H,25,30,31). The Bertz CT molecular complexity index is 1120. The zero-order chi connectivity index (χ0) is 23.5. The molecule has 176 valence electrons. The van der Waals surface area contributed by atoms with E-state index in [9.17, 15) is 14.4 Å². The number of hydrogen-bond acceptors (Lipinski definition) is 6. The topological polar surface area (TPSA) is 96.8 Å². The first-order valence-electron chi connectivity index (χ1n) is 11.7. The van der Waals surface area contributed by atoms with E-state index in [-0.39, 0.29) is 30.0 Å². The molecule has 4 heterocycles. The SMILES string of the molecule is Cn1nc(C2CCC(=O)NC2=O)c2ccc(N3CC4CCC(C3)N4C(=O)OC(C)(C)C)cc21. The van der Waals surface area contributed by atoms with E-state index in [4.69, 9.17) is 4.74 Å². The summed E-state index contributed by atoms with van der Waals surface area (Å²) in [6, 6.07) is 6.49. The summed E-state index contributed by atoms with van der Waals surface area (Å²) < 4.78 is 7.46. The lowest BCUT2D eigenvalue weighted by atomic mass is 9.93. The Labute approximate surface area is 193 Å². The van der Waals surface area contributed by atoms with E-state index in [0.717, 1.165) is 48.2 Å². The molecule has 1 N–H and O–H groups in total. The maximum Gasteiger partial charge on any atom is 0.410 e. The monoisotopic (exact) mass is 453 g/mol. The number of aryl methyl sites for hydroxylation is 1. The lowest BCUT2D eigenvalue weighted by molar-refractivity contribution is -0.134. The van der Waals surface area contributed by atoms with Gasteiger partial charge in [0.05, 0.1) is 29.2 Å². The minimum Gasteiger partial charge on any atom is -0.444 e. The van der Waals surface area contributed by atoms with Gasteiger partial charge in [0, 0.05) is 37.6 Å². The summed E-state index contributed by atoms with van der Waals surface area (Å²) in [4.78, 5) is 41.0. The molecule has 3 fully saturated rings. The Morgan fingerprint density at radius 2 is 1.82 bits per heavy atom. The second-order valence-corrected chi connectivity index (χ2v) is 10.4. The number of rotatable bonds is 2. The minimum absolute atomic E-state index is 0.139.